The highest BCUT2D eigenvalue weighted by atomic mass is 16.6. The van der Waals surface area contributed by atoms with Crippen LogP contribution in [-0.2, 0) is 25.7 Å². The van der Waals surface area contributed by atoms with E-state index in [9.17, 15) is 24.0 Å². The summed E-state index contributed by atoms with van der Waals surface area (Å²) in [6.45, 7) is 6.75. The van der Waals surface area contributed by atoms with Crippen molar-refractivity contribution < 1.29 is 28.7 Å². The fraction of sp³-hybridized carbons (Fsp3) is 0.458. The van der Waals surface area contributed by atoms with Crippen molar-refractivity contribution in [3.05, 3.63) is 34.9 Å². The van der Waals surface area contributed by atoms with E-state index in [0.29, 0.717) is 16.7 Å². The first-order valence-corrected chi connectivity index (χ1v) is 10.7. The molecule has 9 heteroatoms. The quantitative estimate of drug-likeness (QED) is 0.528. The van der Waals surface area contributed by atoms with E-state index in [1.54, 1.807) is 39.0 Å². The van der Waals surface area contributed by atoms with Crippen LogP contribution in [0, 0.1) is 11.8 Å². The first kappa shape index (κ1) is 24.0. The van der Waals surface area contributed by atoms with Gasteiger partial charge in [-0.1, -0.05) is 17.9 Å². The van der Waals surface area contributed by atoms with Crippen molar-refractivity contribution in [3.63, 3.8) is 0 Å². The molecule has 2 aliphatic rings. The van der Waals surface area contributed by atoms with Gasteiger partial charge in [-0.05, 0) is 51.8 Å². The maximum atomic E-state index is 12.9. The first-order valence-electron chi connectivity index (χ1n) is 10.7. The SMILES string of the molecule is CC(=O)[C@@H](CC#Cc1cccc2c1CN(C1CCC(=O)NC1=O)C2=O)NC(=O)OC(C)(C)C. The summed E-state index contributed by atoms with van der Waals surface area (Å²) < 4.78 is 5.19. The molecular weight excluding hydrogens is 426 g/mol. The van der Waals surface area contributed by atoms with Gasteiger partial charge in [0, 0.05) is 30.5 Å². The third-order valence-corrected chi connectivity index (χ3v) is 5.29. The number of hydrogen-bond donors (Lipinski definition) is 2. The topological polar surface area (TPSA) is 122 Å². The number of carbonyl (C=O) groups is 5. The Bertz CT molecular complexity index is 1080. The Hall–Kier alpha value is -3.67. The van der Waals surface area contributed by atoms with E-state index >= 15 is 0 Å². The zero-order chi connectivity index (χ0) is 24.3. The summed E-state index contributed by atoms with van der Waals surface area (Å²) in [4.78, 5) is 61.9. The van der Waals surface area contributed by atoms with Crippen molar-refractivity contribution in [1.82, 2.24) is 15.5 Å². The molecule has 0 bridgehead atoms. The Labute approximate surface area is 192 Å². The zero-order valence-electron chi connectivity index (χ0n) is 19.1. The second-order valence-electron chi connectivity index (χ2n) is 9.05. The van der Waals surface area contributed by atoms with E-state index < -0.39 is 29.7 Å². The Morgan fingerprint density at radius 2 is 2.00 bits per heavy atom. The lowest BCUT2D eigenvalue weighted by atomic mass is 10.0. The van der Waals surface area contributed by atoms with E-state index in [4.69, 9.17) is 4.74 Å². The average Bonchev–Trinajstić information content (AvgIpc) is 3.03. The van der Waals surface area contributed by atoms with Crippen molar-refractivity contribution in [1.29, 1.82) is 0 Å². The second-order valence-corrected chi connectivity index (χ2v) is 9.05. The molecule has 0 saturated carbocycles. The Kier molecular flexibility index (Phi) is 6.86. The number of rotatable bonds is 4. The summed E-state index contributed by atoms with van der Waals surface area (Å²) >= 11 is 0. The lowest BCUT2D eigenvalue weighted by Gasteiger charge is -2.29. The minimum atomic E-state index is -0.828. The maximum absolute atomic E-state index is 12.9. The van der Waals surface area contributed by atoms with E-state index in [1.165, 1.54) is 11.8 Å². The third kappa shape index (κ3) is 5.77. The minimum absolute atomic E-state index is 0.0725. The number of carbonyl (C=O) groups excluding carboxylic acids is 5. The summed E-state index contributed by atoms with van der Waals surface area (Å²) in [5.41, 5.74) is 1.07. The van der Waals surface area contributed by atoms with Crippen LogP contribution >= 0.6 is 0 Å². The lowest BCUT2D eigenvalue weighted by Crippen LogP contribution is -2.52. The van der Waals surface area contributed by atoms with E-state index in [-0.39, 0.29) is 43.4 Å². The molecule has 0 spiro atoms. The molecule has 2 atom stereocenters. The Morgan fingerprint density at radius 1 is 1.27 bits per heavy atom. The number of fused-ring (bicyclic) bond motifs is 1. The van der Waals surface area contributed by atoms with Gasteiger partial charge < -0.3 is 15.0 Å². The number of benzene rings is 1. The molecule has 2 heterocycles. The molecule has 1 unspecified atom stereocenters. The monoisotopic (exact) mass is 453 g/mol. The van der Waals surface area contributed by atoms with Gasteiger partial charge in [-0.15, -0.1) is 0 Å². The van der Waals surface area contributed by atoms with Gasteiger partial charge >= 0.3 is 6.09 Å². The van der Waals surface area contributed by atoms with Gasteiger partial charge in [-0.2, -0.15) is 0 Å². The summed E-state index contributed by atoms with van der Waals surface area (Å²) in [5, 5.41) is 4.81. The Morgan fingerprint density at radius 3 is 2.64 bits per heavy atom. The second kappa shape index (κ2) is 9.45. The number of amides is 4. The van der Waals surface area contributed by atoms with Crippen molar-refractivity contribution >= 4 is 29.6 Å². The molecule has 2 N–H and O–H groups in total. The van der Waals surface area contributed by atoms with Gasteiger partial charge in [0.25, 0.3) is 5.91 Å². The third-order valence-electron chi connectivity index (χ3n) is 5.29. The molecule has 9 nitrogen and oxygen atoms in total. The smallest absolute Gasteiger partial charge is 0.408 e. The van der Waals surface area contributed by atoms with Crippen LogP contribution in [0.3, 0.4) is 0 Å². The number of alkyl carbamates (subject to hydrolysis) is 1. The number of nitrogens with zero attached hydrogens (tertiary/aromatic N) is 1. The predicted molar refractivity (Wildman–Crippen MR) is 118 cm³/mol. The largest absolute Gasteiger partial charge is 0.444 e. The number of hydrogen-bond acceptors (Lipinski definition) is 6. The van der Waals surface area contributed by atoms with Crippen LogP contribution in [0.4, 0.5) is 4.79 Å². The molecule has 33 heavy (non-hydrogen) atoms. The minimum Gasteiger partial charge on any atom is -0.444 e. The van der Waals surface area contributed by atoms with Gasteiger partial charge in [-0.3, -0.25) is 24.5 Å². The summed E-state index contributed by atoms with van der Waals surface area (Å²) in [6.07, 6.45) is -0.165. The summed E-state index contributed by atoms with van der Waals surface area (Å²) in [5.74, 6) is 4.54. The van der Waals surface area contributed by atoms with Crippen LogP contribution in [0.1, 0.15) is 68.4 Å². The van der Waals surface area contributed by atoms with Gasteiger partial charge in [-0.25, -0.2) is 4.79 Å². The van der Waals surface area contributed by atoms with Gasteiger partial charge in [0.2, 0.25) is 11.8 Å². The average molecular weight is 453 g/mol. The molecule has 174 valence electrons. The number of piperidine rings is 1. The number of nitrogens with one attached hydrogen (secondary N) is 2. The molecule has 2 aliphatic heterocycles. The van der Waals surface area contributed by atoms with Crippen molar-refractivity contribution in [2.45, 2.75) is 71.2 Å². The van der Waals surface area contributed by atoms with Crippen LogP contribution in [0.5, 0.6) is 0 Å². The van der Waals surface area contributed by atoms with Gasteiger partial charge in [0.1, 0.15) is 17.7 Å². The van der Waals surface area contributed by atoms with Crippen molar-refractivity contribution in [2.75, 3.05) is 0 Å². The number of imide groups is 1. The molecule has 1 aromatic rings. The van der Waals surface area contributed by atoms with Crippen LogP contribution in [0.15, 0.2) is 18.2 Å². The van der Waals surface area contributed by atoms with Gasteiger partial charge in [0.05, 0.1) is 0 Å². The first-order chi connectivity index (χ1) is 15.5. The highest BCUT2D eigenvalue weighted by molar-refractivity contribution is 6.05. The molecule has 3 rings (SSSR count). The maximum Gasteiger partial charge on any atom is 0.408 e. The fourth-order valence-corrected chi connectivity index (χ4v) is 3.70. The van der Waals surface area contributed by atoms with E-state index in [0.717, 1.165) is 0 Å². The van der Waals surface area contributed by atoms with E-state index in [2.05, 4.69) is 22.5 Å². The number of Topliss-reactive ketones (excluding diaryl/α,β-unsaturated/α-hetero) is 1. The molecule has 0 aliphatic carbocycles. The highest BCUT2D eigenvalue weighted by Gasteiger charge is 2.39. The molecule has 0 aromatic heterocycles. The normalized spacial score (nSPS) is 18.6. The molecule has 1 saturated heterocycles. The zero-order valence-corrected chi connectivity index (χ0v) is 19.1. The predicted octanol–water partition coefficient (Wildman–Crippen LogP) is 1.67. The van der Waals surface area contributed by atoms with Crippen molar-refractivity contribution in [2.24, 2.45) is 0 Å². The standard InChI is InChI=1S/C24H27N3O6/c1-14(28)18(25-23(32)33-24(2,3)4)10-6-8-15-7-5-9-16-17(15)13-27(22(16)31)19-11-12-20(29)26-21(19)30/h5,7,9,18-19H,10-13H2,1-4H3,(H,25,32)(H,26,29,30)/t18-,19?/m1/s1. The van der Waals surface area contributed by atoms with Crippen LogP contribution in [0.2, 0.25) is 0 Å². The molecule has 1 aromatic carbocycles. The molecule has 4 amide bonds. The van der Waals surface area contributed by atoms with E-state index in [1.807, 2.05) is 0 Å². The van der Waals surface area contributed by atoms with Crippen LogP contribution < -0.4 is 10.6 Å². The van der Waals surface area contributed by atoms with Gasteiger partial charge in [0.15, 0.2) is 5.78 Å². The summed E-state index contributed by atoms with van der Waals surface area (Å²) in [6, 6.07) is 3.61. The number of ether oxygens (including phenoxy) is 1. The van der Waals surface area contributed by atoms with Crippen LogP contribution in [-0.4, -0.2) is 52.2 Å². The Balaban J connectivity index is 1.73. The van der Waals surface area contributed by atoms with Crippen molar-refractivity contribution in [3.8, 4) is 11.8 Å². The fourth-order valence-electron chi connectivity index (χ4n) is 3.70. The molecule has 1 fully saturated rings. The molecular formula is C24H27N3O6. The highest BCUT2D eigenvalue weighted by Crippen LogP contribution is 2.29. The molecule has 0 radical (unpaired) electrons. The lowest BCUT2D eigenvalue weighted by molar-refractivity contribution is -0.137. The van der Waals surface area contributed by atoms with Crippen LogP contribution in [0.25, 0.3) is 0 Å². The summed E-state index contributed by atoms with van der Waals surface area (Å²) in [7, 11) is 0. The number of ketones is 1.